The van der Waals surface area contributed by atoms with E-state index in [-0.39, 0.29) is 46.8 Å². The summed E-state index contributed by atoms with van der Waals surface area (Å²) in [5.74, 6) is -0.966. The Labute approximate surface area is 175 Å². The van der Waals surface area contributed by atoms with E-state index in [1.54, 1.807) is 0 Å². The zero-order valence-electron chi connectivity index (χ0n) is 17.5. The summed E-state index contributed by atoms with van der Waals surface area (Å²) >= 11 is 0. The van der Waals surface area contributed by atoms with E-state index in [1.807, 2.05) is 0 Å². The summed E-state index contributed by atoms with van der Waals surface area (Å²) in [6.45, 7) is 4.39. The van der Waals surface area contributed by atoms with E-state index in [2.05, 4.69) is 19.9 Å². The van der Waals surface area contributed by atoms with Crippen LogP contribution in [0.25, 0.3) is 0 Å². The van der Waals surface area contributed by atoms with Gasteiger partial charge in [-0.1, -0.05) is 13.8 Å². The van der Waals surface area contributed by atoms with E-state index in [4.69, 9.17) is 9.47 Å². The first-order valence-electron chi connectivity index (χ1n) is 11.6. The molecule has 7 rings (SSSR count). The summed E-state index contributed by atoms with van der Waals surface area (Å²) in [6, 6.07) is 2.53. The van der Waals surface area contributed by atoms with Crippen molar-refractivity contribution < 1.29 is 23.9 Å². The minimum atomic E-state index is -0.917. The fraction of sp³-hybridized carbons (Fsp3) is 0.833. The van der Waals surface area contributed by atoms with Gasteiger partial charge < -0.3 is 9.47 Å². The molecule has 2 saturated heterocycles. The summed E-state index contributed by atoms with van der Waals surface area (Å²) < 4.78 is 12.6. The second kappa shape index (κ2) is 4.70. The SMILES string of the molecule is CC12CC3O[C@@]34C(C1CC[C@@]21CCC(=O)O1)[C@H]1C[C@]2(C#N)[C@@H](C(=O)CCC42C)C1=O. The summed E-state index contributed by atoms with van der Waals surface area (Å²) in [5.41, 5.74) is -2.52. The quantitative estimate of drug-likeness (QED) is 0.347. The lowest BCUT2D eigenvalue weighted by Gasteiger charge is -2.60. The predicted molar refractivity (Wildman–Crippen MR) is 102 cm³/mol. The zero-order valence-corrected chi connectivity index (χ0v) is 17.5. The Kier molecular flexibility index (Phi) is 2.80. The molecule has 0 N–H and O–H groups in total. The molecule has 158 valence electrons. The Morgan fingerprint density at radius 3 is 2.57 bits per heavy atom. The largest absolute Gasteiger partial charge is 0.458 e. The van der Waals surface area contributed by atoms with Gasteiger partial charge in [0.05, 0.1) is 23.5 Å². The van der Waals surface area contributed by atoms with Gasteiger partial charge in [0.25, 0.3) is 0 Å². The summed E-state index contributed by atoms with van der Waals surface area (Å²) in [6.07, 6.45) is 5.30. The highest BCUT2D eigenvalue weighted by atomic mass is 16.6. The Morgan fingerprint density at radius 2 is 1.87 bits per heavy atom. The van der Waals surface area contributed by atoms with Crippen molar-refractivity contribution in [3.63, 3.8) is 0 Å². The Bertz CT molecular complexity index is 1000. The number of ether oxygens (including phenoxy) is 2. The number of fused-ring (bicyclic) bond motifs is 5. The van der Waals surface area contributed by atoms with Gasteiger partial charge in [-0.2, -0.15) is 5.26 Å². The minimum Gasteiger partial charge on any atom is -0.458 e. The van der Waals surface area contributed by atoms with Crippen LogP contribution in [-0.4, -0.2) is 34.8 Å². The third kappa shape index (κ3) is 1.43. The number of nitriles is 1. The van der Waals surface area contributed by atoms with Gasteiger partial charge in [0.1, 0.15) is 22.8 Å². The highest BCUT2D eigenvalue weighted by Crippen LogP contribution is 2.83. The number of hydrogen-bond donors (Lipinski definition) is 0. The van der Waals surface area contributed by atoms with Gasteiger partial charge in [-0.15, -0.1) is 0 Å². The first-order chi connectivity index (χ1) is 14.2. The first kappa shape index (κ1) is 17.9. The molecule has 10 atom stereocenters. The third-order valence-electron chi connectivity index (χ3n) is 11.4. The van der Waals surface area contributed by atoms with Crippen LogP contribution in [0.2, 0.25) is 0 Å². The number of epoxide rings is 1. The number of nitrogens with zero attached hydrogens (tertiary/aromatic N) is 1. The fourth-order valence-corrected chi connectivity index (χ4v) is 10.1. The van der Waals surface area contributed by atoms with Crippen molar-refractivity contribution in [2.45, 2.75) is 82.5 Å². The number of carbonyl (C=O) groups excluding carboxylic acids is 3. The molecule has 2 aliphatic heterocycles. The molecule has 2 spiro atoms. The Balaban J connectivity index is 1.42. The smallest absolute Gasteiger partial charge is 0.306 e. The van der Waals surface area contributed by atoms with Gasteiger partial charge in [0.2, 0.25) is 0 Å². The van der Waals surface area contributed by atoms with Gasteiger partial charge in [0.15, 0.2) is 0 Å². The van der Waals surface area contributed by atoms with E-state index in [0.29, 0.717) is 25.7 Å². The number of rotatable bonds is 0. The topological polar surface area (TPSA) is 96.8 Å². The van der Waals surface area contributed by atoms with Gasteiger partial charge in [0, 0.05) is 35.5 Å². The van der Waals surface area contributed by atoms with Gasteiger partial charge >= 0.3 is 5.97 Å². The standard InChI is InChI=1S/C24H27NO5/c1-20-10-15-24(29-15)17(13(20)3-7-23(20)8-5-16(27)30-23)12-9-22(11-25)18(19(12)28)14(26)4-6-21(22,24)2/h12-13,15,17-18H,3-10H2,1-2H3/t12-,13?,15?,17?,18+,20?,21?,22+,23-,24-/m1/s1. The van der Waals surface area contributed by atoms with Crippen molar-refractivity contribution in [1.29, 1.82) is 5.26 Å². The molecule has 6 heteroatoms. The van der Waals surface area contributed by atoms with E-state index in [1.165, 1.54) is 0 Å². The lowest BCUT2D eigenvalue weighted by atomic mass is 9.39. The van der Waals surface area contributed by atoms with E-state index < -0.39 is 27.9 Å². The van der Waals surface area contributed by atoms with Crippen LogP contribution in [0.1, 0.15) is 65.2 Å². The molecule has 0 radical (unpaired) electrons. The lowest BCUT2D eigenvalue weighted by Crippen LogP contribution is -2.66. The summed E-state index contributed by atoms with van der Waals surface area (Å²) in [5, 5.41) is 10.4. The van der Waals surface area contributed by atoms with Crippen LogP contribution >= 0.6 is 0 Å². The van der Waals surface area contributed by atoms with Crippen LogP contribution in [0.15, 0.2) is 0 Å². The maximum atomic E-state index is 13.7. The van der Waals surface area contributed by atoms with Crippen molar-refractivity contribution in [3.05, 3.63) is 0 Å². The highest BCUT2D eigenvalue weighted by Gasteiger charge is 2.90. The number of carbonyl (C=O) groups is 3. The molecular weight excluding hydrogens is 382 g/mol. The number of hydrogen-bond acceptors (Lipinski definition) is 6. The van der Waals surface area contributed by atoms with Crippen molar-refractivity contribution in [2.24, 2.45) is 39.9 Å². The molecule has 2 heterocycles. The van der Waals surface area contributed by atoms with Crippen molar-refractivity contribution in [3.8, 4) is 6.07 Å². The van der Waals surface area contributed by atoms with Crippen LogP contribution in [0.4, 0.5) is 0 Å². The molecule has 7 aliphatic rings. The molecule has 0 aromatic rings. The van der Waals surface area contributed by atoms with Crippen molar-refractivity contribution in [1.82, 2.24) is 0 Å². The fourth-order valence-electron chi connectivity index (χ4n) is 10.1. The second-order valence-electron chi connectivity index (χ2n) is 11.7. The average molecular weight is 409 g/mol. The molecule has 7 fully saturated rings. The molecule has 30 heavy (non-hydrogen) atoms. The highest BCUT2D eigenvalue weighted by molar-refractivity contribution is 6.08. The number of ketones is 2. The maximum absolute atomic E-state index is 13.7. The van der Waals surface area contributed by atoms with Crippen LogP contribution in [0.3, 0.4) is 0 Å². The zero-order chi connectivity index (χ0) is 20.9. The maximum Gasteiger partial charge on any atom is 0.306 e. The third-order valence-corrected chi connectivity index (χ3v) is 11.4. The molecule has 2 bridgehead atoms. The van der Waals surface area contributed by atoms with E-state index in [9.17, 15) is 19.6 Å². The number of esters is 1. The van der Waals surface area contributed by atoms with Gasteiger partial charge in [-0.25, -0.2) is 0 Å². The predicted octanol–water partition coefficient (Wildman–Crippen LogP) is 2.73. The van der Waals surface area contributed by atoms with Crippen molar-refractivity contribution >= 4 is 17.5 Å². The summed E-state index contributed by atoms with van der Waals surface area (Å²) in [4.78, 5) is 38.7. The monoisotopic (exact) mass is 409 g/mol. The number of Topliss-reactive ketones (excluding diaryl/α,β-unsaturated/α-hetero) is 2. The second-order valence-corrected chi connectivity index (χ2v) is 11.7. The normalized spacial score (nSPS) is 61.9. The lowest BCUT2D eigenvalue weighted by molar-refractivity contribution is -0.174. The Morgan fingerprint density at radius 1 is 1.07 bits per heavy atom. The van der Waals surface area contributed by atoms with E-state index in [0.717, 1.165) is 25.7 Å². The van der Waals surface area contributed by atoms with Gasteiger partial charge in [-0.3, -0.25) is 14.4 Å². The minimum absolute atomic E-state index is 0.00258. The van der Waals surface area contributed by atoms with Crippen LogP contribution in [0.5, 0.6) is 0 Å². The molecule has 5 aliphatic carbocycles. The van der Waals surface area contributed by atoms with Crippen LogP contribution in [-0.2, 0) is 23.9 Å². The molecular formula is C24H27NO5. The van der Waals surface area contributed by atoms with Gasteiger partial charge in [-0.05, 0) is 44.4 Å². The van der Waals surface area contributed by atoms with Crippen LogP contribution in [0, 0.1) is 51.2 Å². The molecule has 0 aromatic heterocycles. The van der Waals surface area contributed by atoms with Crippen LogP contribution < -0.4 is 0 Å². The molecule has 0 amide bonds. The Hall–Kier alpha value is -1.74. The summed E-state index contributed by atoms with van der Waals surface area (Å²) in [7, 11) is 0. The molecule has 5 saturated carbocycles. The van der Waals surface area contributed by atoms with E-state index >= 15 is 0 Å². The molecule has 6 nitrogen and oxygen atoms in total. The average Bonchev–Trinajstić information content (AvgIpc) is 3.01. The molecule has 0 aromatic carbocycles. The first-order valence-corrected chi connectivity index (χ1v) is 11.6. The molecule has 5 unspecified atom stereocenters. The van der Waals surface area contributed by atoms with Crippen molar-refractivity contribution in [2.75, 3.05) is 0 Å².